The molecule has 0 unspecified atom stereocenters. The fourth-order valence-electron chi connectivity index (χ4n) is 2.86. The number of fused-ring (bicyclic) bond motifs is 1. The molecule has 0 spiro atoms. The van der Waals surface area contributed by atoms with Crippen molar-refractivity contribution in [1.82, 2.24) is 14.3 Å². The van der Waals surface area contributed by atoms with Crippen molar-refractivity contribution in [2.24, 2.45) is 0 Å². The Morgan fingerprint density at radius 2 is 1.97 bits per heavy atom. The summed E-state index contributed by atoms with van der Waals surface area (Å²) in [5.74, 6) is -3.14. The molecule has 0 saturated heterocycles. The van der Waals surface area contributed by atoms with Crippen LogP contribution in [0.2, 0.25) is 0 Å². The van der Waals surface area contributed by atoms with Crippen LogP contribution < -0.4 is 0 Å². The summed E-state index contributed by atoms with van der Waals surface area (Å²) in [6.07, 6.45) is 3.47. The van der Waals surface area contributed by atoms with Crippen molar-refractivity contribution in [3.8, 4) is 16.9 Å². The maximum Gasteiger partial charge on any atom is 0.410 e. The molecule has 154 valence electrons. The summed E-state index contributed by atoms with van der Waals surface area (Å²) >= 11 is 0. The molecule has 0 bridgehead atoms. The Bertz CT molecular complexity index is 1060. The SMILES string of the molecule is CN(CCc1cnc2ccc(-c3ccc(F)c(F)c3O)cn12)C(=O)OC(C)(C)C. The minimum absolute atomic E-state index is 0.177. The molecule has 1 amide bonds. The molecule has 0 aliphatic rings. The number of benzene rings is 1. The van der Waals surface area contributed by atoms with Gasteiger partial charge < -0.3 is 19.1 Å². The lowest BCUT2D eigenvalue weighted by Gasteiger charge is -2.24. The van der Waals surface area contributed by atoms with Crippen LogP contribution >= 0.6 is 0 Å². The third kappa shape index (κ3) is 4.47. The lowest BCUT2D eigenvalue weighted by Crippen LogP contribution is -2.35. The van der Waals surface area contributed by atoms with Gasteiger partial charge in [-0.25, -0.2) is 14.2 Å². The average molecular weight is 403 g/mol. The highest BCUT2D eigenvalue weighted by Crippen LogP contribution is 2.33. The number of hydrogen-bond acceptors (Lipinski definition) is 4. The van der Waals surface area contributed by atoms with E-state index >= 15 is 0 Å². The van der Waals surface area contributed by atoms with E-state index in [1.165, 1.54) is 11.0 Å². The van der Waals surface area contributed by atoms with Gasteiger partial charge in [0, 0.05) is 49.2 Å². The minimum Gasteiger partial charge on any atom is -0.504 e. The standard InChI is InChI=1S/C21H23F2N3O3/c1-21(2,3)29-20(28)25(4)10-9-14-11-24-17-8-5-13(12-26(14)17)15-6-7-16(22)18(23)19(15)27/h5-8,11-12,27H,9-10H2,1-4H3. The second-order valence-corrected chi connectivity index (χ2v) is 7.80. The van der Waals surface area contributed by atoms with E-state index in [9.17, 15) is 18.7 Å². The molecule has 0 fully saturated rings. The number of rotatable bonds is 4. The van der Waals surface area contributed by atoms with Crippen molar-refractivity contribution in [2.75, 3.05) is 13.6 Å². The summed E-state index contributed by atoms with van der Waals surface area (Å²) in [7, 11) is 1.65. The topological polar surface area (TPSA) is 67.1 Å². The fourth-order valence-corrected chi connectivity index (χ4v) is 2.86. The van der Waals surface area contributed by atoms with Gasteiger partial charge in [0.2, 0.25) is 5.82 Å². The first-order chi connectivity index (χ1) is 13.6. The number of halogens is 2. The third-order valence-corrected chi connectivity index (χ3v) is 4.37. The van der Waals surface area contributed by atoms with Crippen molar-refractivity contribution in [2.45, 2.75) is 32.8 Å². The molecule has 2 aromatic heterocycles. The molecule has 29 heavy (non-hydrogen) atoms. The van der Waals surface area contributed by atoms with E-state index in [-0.39, 0.29) is 5.56 Å². The van der Waals surface area contributed by atoms with Crippen LogP contribution in [0.15, 0.2) is 36.7 Å². The zero-order valence-corrected chi connectivity index (χ0v) is 16.7. The number of phenolic OH excluding ortho intramolecular Hbond substituents is 1. The molecule has 1 N–H and O–H groups in total. The van der Waals surface area contributed by atoms with Crippen molar-refractivity contribution in [3.63, 3.8) is 0 Å². The predicted octanol–water partition coefficient (Wildman–Crippen LogP) is 4.39. The van der Waals surface area contributed by atoms with Gasteiger partial charge in [-0.3, -0.25) is 0 Å². The zero-order chi connectivity index (χ0) is 21.3. The molecule has 2 heterocycles. The van der Waals surface area contributed by atoms with Crippen LogP contribution in [0.5, 0.6) is 5.75 Å². The predicted molar refractivity (Wildman–Crippen MR) is 105 cm³/mol. The molecule has 6 nitrogen and oxygen atoms in total. The first-order valence-corrected chi connectivity index (χ1v) is 9.14. The molecule has 1 aromatic carbocycles. The highest BCUT2D eigenvalue weighted by molar-refractivity contribution is 5.71. The molecule has 3 aromatic rings. The number of carbonyl (C=O) groups excluding carboxylic acids is 1. The van der Waals surface area contributed by atoms with Crippen LogP contribution in [0.25, 0.3) is 16.8 Å². The van der Waals surface area contributed by atoms with E-state index in [1.807, 2.05) is 0 Å². The van der Waals surface area contributed by atoms with Gasteiger partial charge in [0.25, 0.3) is 0 Å². The minimum atomic E-state index is -1.28. The highest BCUT2D eigenvalue weighted by atomic mass is 19.2. The molecule has 0 aliphatic carbocycles. The van der Waals surface area contributed by atoms with Gasteiger partial charge in [0.1, 0.15) is 11.2 Å². The number of aromatic nitrogens is 2. The molecule has 3 rings (SSSR count). The van der Waals surface area contributed by atoms with Crippen LogP contribution in [0.1, 0.15) is 26.5 Å². The maximum absolute atomic E-state index is 13.7. The van der Waals surface area contributed by atoms with E-state index in [0.29, 0.717) is 24.2 Å². The Balaban J connectivity index is 1.83. The number of nitrogens with zero attached hydrogens (tertiary/aromatic N) is 3. The van der Waals surface area contributed by atoms with Gasteiger partial charge in [-0.2, -0.15) is 4.39 Å². The van der Waals surface area contributed by atoms with Crippen molar-refractivity contribution >= 4 is 11.7 Å². The first kappa shape index (κ1) is 20.6. The number of aromatic hydroxyl groups is 1. The Labute approximate surface area is 167 Å². The van der Waals surface area contributed by atoms with E-state index in [0.717, 1.165) is 11.8 Å². The van der Waals surface area contributed by atoms with Crippen LogP contribution in [0.3, 0.4) is 0 Å². The monoisotopic (exact) mass is 403 g/mol. The third-order valence-electron chi connectivity index (χ3n) is 4.37. The second kappa shape index (κ2) is 7.69. The molecule has 0 radical (unpaired) electrons. The molecular formula is C21H23F2N3O3. The normalized spacial score (nSPS) is 11.7. The van der Waals surface area contributed by atoms with Gasteiger partial charge in [0.15, 0.2) is 11.6 Å². The average Bonchev–Trinajstić information content (AvgIpc) is 3.05. The Kier molecular flexibility index (Phi) is 5.46. The highest BCUT2D eigenvalue weighted by Gasteiger charge is 2.20. The molecule has 8 heteroatoms. The Hall–Kier alpha value is -3.16. The van der Waals surface area contributed by atoms with Crippen LogP contribution in [0, 0.1) is 11.6 Å². The molecule has 0 atom stereocenters. The number of imidazole rings is 1. The van der Waals surface area contributed by atoms with Gasteiger partial charge in [-0.1, -0.05) is 0 Å². The number of phenols is 1. The van der Waals surface area contributed by atoms with E-state index in [1.54, 1.807) is 56.7 Å². The Morgan fingerprint density at radius 3 is 2.66 bits per heavy atom. The molecule has 0 aliphatic heterocycles. The summed E-state index contributed by atoms with van der Waals surface area (Å²) in [5, 5.41) is 9.96. The number of pyridine rings is 1. The quantitative estimate of drug-likeness (QED) is 0.701. The summed E-state index contributed by atoms with van der Waals surface area (Å²) in [6, 6.07) is 5.68. The van der Waals surface area contributed by atoms with Gasteiger partial charge >= 0.3 is 6.09 Å². The summed E-state index contributed by atoms with van der Waals surface area (Å²) in [4.78, 5) is 17.9. The van der Waals surface area contributed by atoms with E-state index < -0.39 is 29.1 Å². The van der Waals surface area contributed by atoms with E-state index in [4.69, 9.17) is 4.74 Å². The van der Waals surface area contributed by atoms with Gasteiger partial charge in [-0.05, 0) is 45.0 Å². The first-order valence-electron chi connectivity index (χ1n) is 9.14. The van der Waals surface area contributed by atoms with E-state index in [2.05, 4.69) is 4.98 Å². The number of amides is 1. The lowest BCUT2D eigenvalue weighted by molar-refractivity contribution is 0.0300. The Morgan fingerprint density at radius 1 is 1.24 bits per heavy atom. The maximum atomic E-state index is 13.7. The van der Waals surface area contributed by atoms with Gasteiger partial charge in [-0.15, -0.1) is 0 Å². The smallest absolute Gasteiger partial charge is 0.410 e. The van der Waals surface area contributed by atoms with Crippen molar-refractivity contribution in [3.05, 3.63) is 54.0 Å². The summed E-state index contributed by atoms with van der Waals surface area (Å²) in [6.45, 7) is 5.82. The largest absolute Gasteiger partial charge is 0.504 e. The van der Waals surface area contributed by atoms with Gasteiger partial charge in [0.05, 0.1) is 0 Å². The van der Waals surface area contributed by atoms with Crippen molar-refractivity contribution in [1.29, 1.82) is 0 Å². The van der Waals surface area contributed by atoms with Crippen LogP contribution in [0.4, 0.5) is 13.6 Å². The second-order valence-electron chi connectivity index (χ2n) is 7.80. The number of likely N-dealkylation sites (N-methyl/N-ethyl adjacent to an activating group) is 1. The number of ether oxygens (including phenoxy) is 1. The summed E-state index contributed by atoms with van der Waals surface area (Å²) in [5.41, 5.74) is 1.59. The molecular weight excluding hydrogens is 380 g/mol. The summed E-state index contributed by atoms with van der Waals surface area (Å²) < 4.78 is 34.1. The fraction of sp³-hybridized carbons (Fsp3) is 0.333. The van der Waals surface area contributed by atoms with Crippen LogP contribution in [-0.4, -0.2) is 44.7 Å². The molecule has 0 saturated carbocycles. The zero-order valence-electron chi connectivity index (χ0n) is 16.7. The number of hydrogen-bond donors (Lipinski definition) is 1. The number of carbonyl (C=O) groups is 1. The van der Waals surface area contributed by atoms with Crippen LogP contribution in [-0.2, 0) is 11.2 Å². The lowest BCUT2D eigenvalue weighted by atomic mass is 10.1. The van der Waals surface area contributed by atoms with Crippen molar-refractivity contribution < 1.29 is 23.4 Å².